The molecule has 0 radical (unpaired) electrons. The van der Waals surface area contributed by atoms with Crippen LogP contribution in [0.5, 0.6) is 5.75 Å². The van der Waals surface area contributed by atoms with Crippen LogP contribution in [-0.4, -0.2) is 7.11 Å². The van der Waals surface area contributed by atoms with Crippen LogP contribution in [0.1, 0.15) is 12.5 Å². The van der Waals surface area contributed by atoms with Crippen molar-refractivity contribution in [1.82, 2.24) is 0 Å². The molecule has 16 heavy (non-hydrogen) atoms. The summed E-state index contributed by atoms with van der Waals surface area (Å²) in [4.78, 5) is 1.20. The monoisotopic (exact) mass is 233 g/mol. The van der Waals surface area contributed by atoms with Gasteiger partial charge in [0.15, 0.2) is 0 Å². The van der Waals surface area contributed by atoms with E-state index in [1.165, 1.54) is 16.0 Å². The number of benzene rings is 1. The van der Waals surface area contributed by atoms with Crippen molar-refractivity contribution < 1.29 is 4.74 Å². The van der Waals surface area contributed by atoms with Crippen LogP contribution in [-0.2, 0) is 6.42 Å². The van der Waals surface area contributed by atoms with Crippen molar-refractivity contribution >= 4 is 16.3 Å². The van der Waals surface area contributed by atoms with Gasteiger partial charge < -0.3 is 10.5 Å². The minimum absolute atomic E-state index is 0.851. The highest BCUT2D eigenvalue weighted by Crippen LogP contribution is 2.32. The Labute approximate surface area is 99.7 Å². The number of nitrogens with two attached hydrogens (primary N) is 1. The summed E-state index contributed by atoms with van der Waals surface area (Å²) in [6, 6.07) is 10.3. The van der Waals surface area contributed by atoms with Crippen molar-refractivity contribution in [3.63, 3.8) is 0 Å². The molecule has 1 heterocycles. The van der Waals surface area contributed by atoms with Crippen molar-refractivity contribution in [3.8, 4) is 16.2 Å². The van der Waals surface area contributed by atoms with Crippen LogP contribution in [0.15, 0.2) is 30.3 Å². The zero-order valence-corrected chi connectivity index (χ0v) is 10.3. The number of rotatable bonds is 3. The van der Waals surface area contributed by atoms with Gasteiger partial charge in [0, 0.05) is 4.88 Å². The van der Waals surface area contributed by atoms with Crippen molar-refractivity contribution in [2.45, 2.75) is 13.3 Å². The van der Waals surface area contributed by atoms with Crippen molar-refractivity contribution in [3.05, 3.63) is 35.9 Å². The zero-order valence-electron chi connectivity index (χ0n) is 9.49. The Bertz CT molecular complexity index is 490. The predicted octanol–water partition coefficient (Wildman–Crippen LogP) is 3.57. The van der Waals surface area contributed by atoms with Gasteiger partial charge in [0.1, 0.15) is 5.75 Å². The molecule has 0 aliphatic heterocycles. The van der Waals surface area contributed by atoms with Crippen LogP contribution in [0.4, 0.5) is 5.00 Å². The Balaban J connectivity index is 2.43. The summed E-state index contributed by atoms with van der Waals surface area (Å²) >= 11 is 1.61. The van der Waals surface area contributed by atoms with Crippen LogP contribution in [0.2, 0.25) is 0 Å². The summed E-state index contributed by atoms with van der Waals surface area (Å²) in [7, 11) is 1.71. The first kappa shape index (κ1) is 11.0. The third-order valence-electron chi connectivity index (χ3n) is 2.57. The molecule has 2 N–H and O–H groups in total. The molecule has 3 heteroatoms. The maximum atomic E-state index is 5.74. The van der Waals surface area contributed by atoms with E-state index in [1.807, 2.05) is 12.1 Å². The third-order valence-corrected chi connectivity index (χ3v) is 3.54. The van der Waals surface area contributed by atoms with E-state index in [0.717, 1.165) is 17.2 Å². The minimum Gasteiger partial charge on any atom is -0.496 e. The molecule has 0 aliphatic rings. The van der Waals surface area contributed by atoms with Gasteiger partial charge in [0.25, 0.3) is 0 Å². The molecular weight excluding hydrogens is 218 g/mol. The molecule has 0 saturated heterocycles. The predicted molar refractivity (Wildman–Crippen MR) is 70.1 cm³/mol. The Kier molecular flexibility index (Phi) is 3.15. The SMILES string of the molecule is CCc1cc(-c2ccc(N)s2)ccc1OC. The summed E-state index contributed by atoms with van der Waals surface area (Å²) in [6.07, 6.45) is 0.970. The molecule has 0 atom stereocenters. The molecule has 0 spiro atoms. The lowest BCUT2D eigenvalue weighted by atomic mass is 10.1. The Morgan fingerprint density at radius 2 is 2.06 bits per heavy atom. The molecule has 2 nitrogen and oxygen atoms in total. The van der Waals surface area contributed by atoms with Gasteiger partial charge in [-0.3, -0.25) is 0 Å². The Morgan fingerprint density at radius 1 is 1.25 bits per heavy atom. The van der Waals surface area contributed by atoms with E-state index in [0.29, 0.717) is 0 Å². The highest BCUT2D eigenvalue weighted by atomic mass is 32.1. The standard InChI is InChI=1S/C13H15NOS/c1-3-9-8-10(4-5-11(9)15-2)12-6-7-13(14)16-12/h4-8H,3,14H2,1-2H3. The van der Waals surface area contributed by atoms with Crippen molar-refractivity contribution in [2.75, 3.05) is 12.8 Å². The minimum atomic E-state index is 0.851. The molecule has 2 aromatic rings. The molecule has 0 unspecified atom stereocenters. The first-order valence-corrected chi connectivity index (χ1v) is 6.09. The van der Waals surface area contributed by atoms with E-state index in [-0.39, 0.29) is 0 Å². The maximum Gasteiger partial charge on any atom is 0.122 e. The van der Waals surface area contributed by atoms with Gasteiger partial charge in [-0.05, 0) is 47.9 Å². The van der Waals surface area contributed by atoms with Gasteiger partial charge in [-0.25, -0.2) is 0 Å². The molecular formula is C13H15NOS. The lowest BCUT2D eigenvalue weighted by Crippen LogP contribution is -1.90. The largest absolute Gasteiger partial charge is 0.496 e. The van der Waals surface area contributed by atoms with Crippen LogP contribution >= 0.6 is 11.3 Å². The second-order valence-electron chi connectivity index (χ2n) is 3.58. The van der Waals surface area contributed by atoms with E-state index in [9.17, 15) is 0 Å². The van der Waals surface area contributed by atoms with Crippen LogP contribution < -0.4 is 10.5 Å². The second kappa shape index (κ2) is 4.58. The normalized spacial score (nSPS) is 10.4. The number of hydrogen-bond donors (Lipinski definition) is 1. The van der Waals surface area contributed by atoms with Crippen LogP contribution in [0.3, 0.4) is 0 Å². The molecule has 1 aromatic heterocycles. The van der Waals surface area contributed by atoms with Gasteiger partial charge >= 0.3 is 0 Å². The average molecular weight is 233 g/mol. The van der Waals surface area contributed by atoms with E-state index >= 15 is 0 Å². The zero-order chi connectivity index (χ0) is 11.5. The molecule has 0 saturated carbocycles. The molecule has 2 rings (SSSR count). The first-order valence-electron chi connectivity index (χ1n) is 5.27. The number of thiophene rings is 1. The van der Waals surface area contributed by atoms with Gasteiger partial charge in [-0.15, -0.1) is 11.3 Å². The summed E-state index contributed by atoms with van der Waals surface area (Å²) in [5.41, 5.74) is 8.17. The quantitative estimate of drug-likeness (QED) is 0.879. The summed E-state index contributed by atoms with van der Waals surface area (Å²) < 4.78 is 5.31. The highest BCUT2D eigenvalue weighted by Gasteiger charge is 2.05. The molecule has 0 fully saturated rings. The van der Waals surface area contributed by atoms with Gasteiger partial charge in [0.2, 0.25) is 0 Å². The molecule has 0 bridgehead atoms. The molecule has 0 amide bonds. The average Bonchev–Trinajstić information content (AvgIpc) is 2.75. The number of ether oxygens (including phenoxy) is 1. The second-order valence-corrected chi connectivity index (χ2v) is 4.70. The van der Waals surface area contributed by atoms with E-state index in [1.54, 1.807) is 18.4 Å². The summed E-state index contributed by atoms with van der Waals surface area (Å²) in [6.45, 7) is 2.13. The van der Waals surface area contributed by atoms with Gasteiger partial charge in [-0.2, -0.15) is 0 Å². The fourth-order valence-corrected chi connectivity index (χ4v) is 2.49. The fourth-order valence-electron chi connectivity index (χ4n) is 1.72. The van der Waals surface area contributed by atoms with Crippen molar-refractivity contribution in [2.24, 2.45) is 0 Å². The van der Waals surface area contributed by atoms with Crippen LogP contribution in [0.25, 0.3) is 10.4 Å². The lowest BCUT2D eigenvalue weighted by Gasteiger charge is -2.08. The smallest absolute Gasteiger partial charge is 0.122 e. The number of hydrogen-bond acceptors (Lipinski definition) is 3. The van der Waals surface area contributed by atoms with Crippen LogP contribution in [0, 0.1) is 0 Å². The summed E-state index contributed by atoms with van der Waals surface area (Å²) in [5, 5.41) is 0.851. The van der Waals surface area contributed by atoms with E-state index in [4.69, 9.17) is 10.5 Å². The first-order chi connectivity index (χ1) is 7.74. The Hall–Kier alpha value is -1.48. The van der Waals surface area contributed by atoms with E-state index in [2.05, 4.69) is 25.1 Å². The van der Waals surface area contributed by atoms with Gasteiger partial charge in [0.05, 0.1) is 12.1 Å². The fraction of sp³-hybridized carbons (Fsp3) is 0.231. The number of anilines is 1. The number of nitrogen functional groups attached to an aromatic ring is 1. The number of aryl methyl sites for hydroxylation is 1. The number of methoxy groups -OCH3 is 1. The third kappa shape index (κ3) is 2.04. The van der Waals surface area contributed by atoms with Gasteiger partial charge in [-0.1, -0.05) is 6.92 Å². The summed E-state index contributed by atoms with van der Waals surface area (Å²) in [5.74, 6) is 0.954. The topological polar surface area (TPSA) is 35.2 Å². The van der Waals surface area contributed by atoms with Crippen molar-refractivity contribution in [1.29, 1.82) is 0 Å². The molecule has 0 aliphatic carbocycles. The Morgan fingerprint density at radius 3 is 2.62 bits per heavy atom. The highest BCUT2D eigenvalue weighted by molar-refractivity contribution is 7.19. The maximum absolute atomic E-state index is 5.74. The van der Waals surface area contributed by atoms with E-state index < -0.39 is 0 Å². The molecule has 84 valence electrons. The lowest BCUT2D eigenvalue weighted by molar-refractivity contribution is 0.410. The molecule has 1 aromatic carbocycles.